The highest BCUT2D eigenvalue weighted by molar-refractivity contribution is 5.33. The van der Waals surface area contributed by atoms with E-state index in [1.54, 1.807) is 13.3 Å². The van der Waals surface area contributed by atoms with Gasteiger partial charge in [0.05, 0.1) is 13.2 Å². The van der Waals surface area contributed by atoms with Gasteiger partial charge in [0.25, 0.3) is 0 Å². The van der Waals surface area contributed by atoms with Crippen molar-refractivity contribution in [2.24, 2.45) is 12.8 Å². The van der Waals surface area contributed by atoms with E-state index in [9.17, 15) is 0 Å². The van der Waals surface area contributed by atoms with E-state index in [4.69, 9.17) is 10.5 Å². The molecule has 84 valence electrons. The lowest BCUT2D eigenvalue weighted by atomic mass is 10.1. The zero-order valence-electron chi connectivity index (χ0n) is 9.42. The van der Waals surface area contributed by atoms with Crippen LogP contribution in [-0.4, -0.2) is 16.7 Å². The topological polar surface area (TPSA) is 53.1 Å². The number of ether oxygens (including phenoxy) is 1. The van der Waals surface area contributed by atoms with Gasteiger partial charge in [-0.25, -0.2) is 4.98 Å². The molecule has 1 aromatic carbocycles. The Hall–Kier alpha value is -1.81. The van der Waals surface area contributed by atoms with Crippen molar-refractivity contribution in [3.63, 3.8) is 0 Å². The van der Waals surface area contributed by atoms with Crippen molar-refractivity contribution in [3.8, 4) is 5.75 Å². The van der Waals surface area contributed by atoms with Crippen LogP contribution in [0.3, 0.4) is 0 Å². The van der Waals surface area contributed by atoms with Gasteiger partial charge < -0.3 is 15.0 Å². The molecular formula is C12H15N3O. The molecule has 1 aromatic heterocycles. The van der Waals surface area contributed by atoms with E-state index in [2.05, 4.69) is 4.98 Å². The number of rotatable bonds is 3. The van der Waals surface area contributed by atoms with Gasteiger partial charge in [0.1, 0.15) is 11.6 Å². The summed E-state index contributed by atoms with van der Waals surface area (Å²) < 4.78 is 7.09. The molecule has 2 rings (SSSR count). The van der Waals surface area contributed by atoms with Crippen LogP contribution in [0, 0.1) is 0 Å². The number of aromatic nitrogens is 2. The molecule has 0 spiro atoms. The normalized spacial score (nSPS) is 12.4. The van der Waals surface area contributed by atoms with Gasteiger partial charge in [-0.05, 0) is 17.7 Å². The van der Waals surface area contributed by atoms with E-state index in [0.717, 1.165) is 17.1 Å². The van der Waals surface area contributed by atoms with Crippen LogP contribution in [0.4, 0.5) is 0 Å². The van der Waals surface area contributed by atoms with Crippen molar-refractivity contribution in [3.05, 3.63) is 48.0 Å². The number of aryl methyl sites for hydroxylation is 1. The molecule has 0 aliphatic heterocycles. The zero-order chi connectivity index (χ0) is 11.5. The van der Waals surface area contributed by atoms with Gasteiger partial charge in [-0.1, -0.05) is 12.1 Å². The Kier molecular flexibility index (Phi) is 2.92. The third kappa shape index (κ3) is 1.92. The largest absolute Gasteiger partial charge is 0.497 e. The molecule has 0 saturated carbocycles. The Bertz CT molecular complexity index is 479. The summed E-state index contributed by atoms with van der Waals surface area (Å²) in [5.74, 6) is 1.65. The minimum atomic E-state index is -0.227. The summed E-state index contributed by atoms with van der Waals surface area (Å²) in [6.45, 7) is 0. The van der Waals surface area contributed by atoms with E-state index in [0.29, 0.717) is 0 Å². The average molecular weight is 217 g/mol. The summed E-state index contributed by atoms with van der Waals surface area (Å²) in [4.78, 5) is 4.24. The summed E-state index contributed by atoms with van der Waals surface area (Å²) >= 11 is 0. The first-order valence-electron chi connectivity index (χ1n) is 5.09. The fourth-order valence-electron chi connectivity index (χ4n) is 1.66. The van der Waals surface area contributed by atoms with Crippen LogP contribution in [0.5, 0.6) is 5.75 Å². The predicted octanol–water partition coefficient (Wildman–Crippen LogP) is 1.48. The molecule has 0 saturated heterocycles. The smallest absolute Gasteiger partial charge is 0.129 e. The van der Waals surface area contributed by atoms with Crippen molar-refractivity contribution >= 4 is 0 Å². The third-order valence-electron chi connectivity index (χ3n) is 2.59. The van der Waals surface area contributed by atoms with Gasteiger partial charge in [-0.2, -0.15) is 0 Å². The molecule has 1 atom stereocenters. The maximum atomic E-state index is 6.15. The van der Waals surface area contributed by atoms with E-state index >= 15 is 0 Å². The van der Waals surface area contributed by atoms with Crippen LogP contribution < -0.4 is 10.5 Å². The minimum absolute atomic E-state index is 0.227. The molecule has 0 aliphatic rings. The van der Waals surface area contributed by atoms with Crippen LogP contribution in [0.15, 0.2) is 36.7 Å². The fraction of sp³-hybridized carbons (Fsp3) is 0.250. The Morgan fingerprint density at radius 2 is 2.25 bits per heavy atom. The van der Waals surface area contributed by atoms with Crippen LogP contribution in [0.2, 0.25) is 0 Å². The molecule has 0 aliphatic carbocycles. The summed E-state index contributed by atoms with van der Waals surface area (Å²) in [5, 5.41) is 0. The first kappa shape index (κ1) is 10.7. The molecule has 4 heteroatoms. The standard InChI is InChI=1S/C12H15N3O/c1-15-7-6-14-12(15)11(13)9-4-3-5-10(8-9)16-2/h3-8,11H,13H2,1-2H3/t11-/m1/s1. The van der Waals surface area contributed by atoms with Gasteiger partial charge in [0.2, 0.25) is 0 Å². The number of methoxy groups -OCH3 is 1. The van der Waals surface area contributed by atoms with Crippen molar-refractivity contribution < 1.29 is 4.74 Å². The Balaban J connectivity index is 2.33. The highest BCUT2D eigenvalue weighted by Crippen LogP contribution is 2.21. The molecule has 2 aromatic rings. The van der Waals surface area contributed by atoms with Gasteiger partial charge in [0.15, 0.2) is 0 Å². The average Bonchev–Trinajstić information content (AvgIpc) is 2.74. The predicted molar refractivity (Wildman–Crippen MR) is 62.2 cm³/mol. The van der Waals surface area contributed by atoms with Crippen molar-refractivity contribution in [2.75, 3.05) is 7.11 Å². The monoisotopic (exact) mass is 217 g/mol. The first-order valence-corrected chi connectivity index (χ1v) is 5.09. The van der Waals surface area contributed by atoms with Crippen LogP contribution in [0.1, 0.15) is 17.4 Å². The number of nitrogens with zero attached hydrogens (tertiary/aromatic N) is 2. The second kappa shape index (κ2) is 4.37. The van der Waals surface area contributed by atoms with Crippen molar-refractivity contribution in [1.29, 1.82) is 0 Å². The third-order valence-corrected chi connectivity index (χ3v) is 2.59. The van der Waals surface area contributed by atoms with Gasteiger partial charge in [0, 0.05) is 19.4 Å². The summed E-state index contributed by atoms with van der Waals surface area (Å²) in [5.41, 5.74) is 7.14. The maximum Gasteiger partial charge on any atom is 0.129 e. The molecule has 0 amide bonds. The van der Waals surface area contributed by atoms with Crippen LogP contribution in [-0.2, 0) is 7.05 Å². The second-order valence-corrected chi connectivity index (χ2v) is 3.65. The van der Waals surface area contributed by atoms with Gasteiger partial charge in [-0.15, -0.1) is 0 Å². The lowest BCUT2D eigenvalue weighted by Crippen LogP contribution is -2.16. The molecule has 2 N–H and O–H groups in total. The van der Waals surface area contributed by atoms with E-state index in [-0.39, 0.29) is 6.04 Å². The molecule has 0 unspecified atom stereocenters. The highest BCUT2D eigenvalue weighted by atomic mass is 16.5. The summed E-state index contributed by atoms with van der Waals surface area (Å²) in [6, 6.07) is 7.50. The quantitative estimate of drug-likeness (QED) is 0.847. The Labute approximate surface area is 94.7 Å². The van der Waals surface area contributed by atoms with E-state index in [1.165, 1.54) is 0 Å². The number of benzene rings is 1. The molecule has 4 nitrogen and oxygen atoms in total. The Morgan fingerprint density at radius 3 is 2.88 bits per heavy atom. The summed E-state index contributed by atoms with van der Waals surface area (Å²) in [6.07, 6.45) is 3.63. The van der Waals surface area contributed by atoms with Gasteiger partial charge >= 0.3 is 0 Å². The molecule has 0 fully saturated rings. The minimum Gasteiger partial charge on any atom is -0.497 e. The molecular weight excluding hydrogens is 202 g/mol. The number of hydrogen-bond donors (Lipinski definition) is 1. The fourth-order valence-corrected chi connectivity index (χ4v) is 1.66. The molecule has 1 heterocycles. The molecule has 0 bridgehead atoms. The number of imidazole rings is 1. The SMILES string of the molecule is COc1cccc([C@@H](N)c2nccn2C)c1. The highest BCUT2D eigenvalue weighted by Gasteiger charge is 2.13. The summed E-state index contributed by atoms with van der Waals surface area (Å²) in [7, 11) is 3.58. The first-order chi connectivity index (χ1) is 7.72. The number of nitrogens with two attached hydrogens (primary N) is 1. The lowest BCUT2D eigenvalue weighted by Gasteiger charge is -2.12. The molecule has 16 heavy (non-hydrogen) atoms. The Morgan fingerprint density at radius 1 is 1.44 bits per heavy atom. The van der Waals surface area contributed by atoms with Crippen molar-refractivity contribution in [1.82, 2.24) is 9.55 Å². The van der Waals surface area contributed by atoms with Crippen LogP contribution >= 0.6 is 0 Å². The number of hydrogen-bond acceptors (Lipinski definition) is 3. The zero-order valence-corrected chi connectivity index (χ0v) is 9.42. The second-order valence-electron chi connectivity index (χ2n) is 3.65. The van der Waals surface area contributed by atoms with Crippen molar-refractivity contribution in [2.45, 2.75) is 6.04 Å². The van der Waals surface area contributed by atoms with Gasteiger partial charge in [-0.3, -0.25) is 0 Å². The maximum absolute atomic E-state index is 6.15. The van der Waals surface area contributed by atoms with Crippen LogP contribution in [0.25, 0.3) is 0 Å². The molecule has 0 radical (unpaired) electrons. The van der Waals surface area contributed by atoms with E-state index in [1.807, 2.05) is 42.1 Å². The van der Waals surface area contributed by atoms with E-state index < -0.39 is 0 Å². The lowest BCUT2D eigenvalue weighted by molar-refractivity contribution is 0.414.